The fourth-order valence-electron chi connectivity index (χ4n) is 3.26. The molecule has 0 spiro atoms. The summed E-state index contributed by atoms with van der Waals surface area (Å²) in [4.78, 5) is 12.7. The molecule has 10 heteroatoms. The van der Waals surface area contributed by atoms with Crippen molar-refractivity contribution in [2.45, 2.75) is 32.1 Å². The summed E-state index contributed by atoms with van der Waals surface area (Å²) in [6, 6.07) is 12.5. The number of nitrogens with zero attached hydrogens (tertiary/aromatic N) is 2. The molecule has 1 unspecified atom stereocenters. The predicted octanol–water partition coefficient (Wildman–Crippen LogP) is 4.32. The van der Waals surface area contributed by atoms with Crippen molar-refractivity contribution in [1.82, 2.24) is 5.01 Å². The number of carbonyl (C=O) groups is 1. The van der Waals surface area contributed by atoms with E-state index in [4.69, 9.17) is 14.6 Å². The monoisotopic (exact) mass is 477 g/mol. The molecule has 0 saturated heterocycles. The number of amides is 1. The van der Waals surface area contributed by atoms with Crippen LogP contribution in [0.5, 0.6) is 11.5 Å². The molecule has 1 heterocycles. The van der Waals surface area contributed by atoms with E-state index in [1.54, 1.807) is 31.4 Å². The third kappa shape index (κ3) is 5.95. The molecule has 2 aromatic rings. The highest BCUT2D eigenvalue weighted by Crippen LogP contribution is 2.34. The first kappa shape index (κ1) is 23.9. The lowest BCUT2D eigenvalue weighted by Crippen LogP contribution is -2.34. The molecule has 0 saturated carbocycles. The van der Waals surface area contributed by atoms with E-state index in [1.165, 1.54) is 16.8 Å². The van der Waals surface area contributed by atoms with E-state index in [2.05, 4.69) is 4.72 Å². The fourth-order valence-corrected chi connectivity index (χ4v) is 4.76. The van der Waals surface area contributed by atoms with Gasteiger partial charge in [0.05, 0.1) is 37.5 Å². The van der Waals surface area contributed by atoms with Gasteiger partial charge in [-0.1, -0.05) is 30.8 Å². The van der Waals surface area contributed by atoms with E-state index < -0.39 is 10.0 Å². The second kappa shape index (κ2) is 10.3. The van der Waals surface area contributed by atoms with Crippen LogP contribution in [0.2, 0.25) is 0 Å². The molecule has 1 N–H and O–H groups in total. The van der Waals surface area contributed by atoms with E-state index >= 15 is 0 Å². The number of carbonyl (C=O) groups excluding carboxylic acids is 1. The molecule has 1 amide bonds. The van der Waals surface area contributed by atoms with Gasteiger partial charge in [0.2, 0.25) is 10.0 Å². The number of rotatable bonds is 9. The average Bonchev–Trinajstić information content (AvgIpc) is 2.75. The highest BCUT2D eigenvalue weighted by Gasteiger charge is 2.30. The molecule has 3 rings (SSSR count). The molecule has 32 heavy (non-hydrogen) atoms. The van der Waals surface area contributed by atoms with Crippen LogP contribution in [-0.4, -0.2) is 49.6 Å². The van der Waals surface area contributed by atoms with E-state index in [9.17, 15) is 13.2 Å². The Morgan fingerprint density at radius 1 is 1.12 bits per heavy atom. The van der Waals surface area contributed by atoms with Crippen molar-refractivity contribution in [2.24, 2.45) is 5.10 Å². The van der Waals surface area contributed by atoms with Gasteiger partial charge >= 0.3 is 5.24 Å². The van der Waals surface area contributed by atoms with Crippen LogP contribution < -0.4 is 14.2 Å². The number of hydrazone groups is 1. The van der Waals surface area contributed by atoms with Gasteiger partial charge in [-0.2, -0.15) is 5.10 Å². The minimum atomic E-state index is -3.34. The Hall–Kier alpha value is -2.72. The molecule has 8 nitrogen and oxygen atoms in total. The van der Waals surface area contributed by atoms with E-state index in [-0.39, 0.29) is 17.0 Å². The number of sulfonamides is 1. The summed E-state index contributed by atoms with van der Waals surface area (Å²) in [5, 5.41) is 5.94. The Morgan fingerprint density at radius 3 is 2.44 bits per heavy atom. The number of hydrogen-bond acceptors (Lipinski definition) is 7. The Balaban J connectivity index is 1.88. The van der Waals surface area contributed by atoms with Gasteiger partial charge in [0, 0.05) is 11.3 Å². The standard InChI is InChI=1S/C22H27N3O5S2/c1-5-20-21(16-9-12-18(29-3)19(13-16)30-6-2)23-25(22(26)31-20)14-15-7-10-17(11-8-15)24-32(4,27)28/h7-13,20,24H,5-6,14H2,1-4H3. The van der Waals surface area contributed by atoms with Gasteiger partial charge in [-0.15, -0.1) is 0 Å². The van der Waals surface area contributed by atoms with Gasteiger partial charge in [0.25, 0.3) is 0 Å². The predicted molar refractivity (Wildman–Crippen MR) is 128 cm³/mol. The number of hydrogen-bond donors (Lipinski definition) is 1. The van der Waals surface area contributed by atoms with Crippen LogP contribution in [0.25, 0.3) is 0 Å². The molecular formula is C22H27N3O5S2. The van der Waals surface area contributed by atoms with E-state index in [0.717, 1.165) is 29.5 Å². The topological polar surface area (TPSA) is 97.3 Å². The fraction of sp³-hybridized carbons (Fsp3) is 0.364. The maximum Gasteiger partial charge on any atom is 0.302 e. The number of benzene rings is 2. The van der Waals surface area contributed by atoms with Crippen molar-refractivity contribution in [1.29, 1.82) is 0 Å². The number of ether oxygens (including phenoxy) is 2. The smallest absolute Gasteiger partial charge is 0.302 e. The van der Waals surface area contributed by atoms with E-state index in [0.29, 0.717) is 23.8 Å². The van der Waals surface area contributed by atoms with Crippen LogP contribution in [0, 0.1) is 0 Å². The lowest BCUT2D eigenvalue weighted by molar-refractivity contribution is 0.222. The first-order valence-corrected chi connectivity index (χ1v) is 13.0. The van der Waals surface area contributed by atoms with Crippen LogP contribution in [0.15, 0.2) is 47.6 Å². The van der Waals surface area contributed by atoms with Crippen molar-refractivity contribution in [3.63, 3.8) is 0 Å². The van der Waals surface area contributed by atoms with Gasteiger partial charge in [-0.3, -0.25) is 9.52 Å². The quantitative estimate of drug-likeness (QED) is 0.578. The molecule has 1 atom stereocenters. The Kier molecular flexibility index (Phi) is 7.68. The van der Waals surface area contributed by atoms with Gasteiger partial charge in [-0.25, -0.2) is 13.4 Å². The Morgan fingerprint density at radius 2 is 1.84 bits per heavy atom. The summed E-state index contributed by atoms with van der Waals surface area (Å²) < 4.78 is 36.3. The Labute approximate surface area is 193 Å². The van der Waals surface area contributed by atoms with Crippen molar-refractivity contribution in [2.75, 3.05) is 24.7 Å². The van der Waals surface area contributed by atoms with Crippen LogP contribution in [0.3, 0.4) is 0 Å². The van der Waals surface area contributed by atoms with Gasteiger partial charge in [-0.05, 0) is 49.2 Å². The largest absolute Gasteiger partial charge is 0.493 e. The molecule has 1 aliphatic rings. The number of methoxy groups -OCH3 is 1. The third-order valence-corrected chi connectivity index (χ3v) is 6.57. The van der Waals surface area contributed by atoms with Crippen LogP contribution in [0.4, 0.5) is 10.5 Å². The minimum Gasteiger partial charge on any atom is -0.493 e. The molecule has 0 bridgehead atoms. The average molecular weight is 478 g/mol. The second-order valence-electron chi connectivity index (χ2n) is 7.19. The van der Waals surface area contributed by atoms with Gasteiger partial charge < -0.3 is 9.47 Å². The molecule has 2 aromatic carbocycles. The zero-order chi connectivity index (χ0) is 23.3. The van der Waals surface area contributed by atoms with Crippen LogP contribution in [-0.2, 0) is 16.6 Å². The zero-order valence-corrected chi connectivity index (χ0v) is 20.1. The lowest BCUT2D eigenvalue weighted by Gasteiger charge is -2.28. The summed E-state index contributed by atoms with van der Waals surface area (Å²) >= 11 is 1.25. The molecule has 1 aliphatic heterocycles. The van der Waals surface area contributed by atoms with Crippen molar-refractivity contribution in [3.05, 3.63) is 53.6 Å². The number of nitrogens with one attached hydrogen (secondary N) is 1. The maximum atomic E-state index is 12.7. The summed E-state index contributed by atoms with van der Waals surface area (Å²) in [5.74, 6) is 1.27. The second-order valence-corrected chi connectivity index (χ2v) is 10.1. The van der Waals surface area contributed by atoms with Crippen LogP contribution in [0.1, 0.15) is 31.4 Å². The first-order chi connectivity index (χ1) is 15.2. The minimum absolute atomic E-state index is 0.0667. The molecular weight excluding hydrogens is 450 g/mol. The summed E-state index contributed by atoms with van der Waals surface area (Å²) in [5.41, 5.74) is 2.98. The zero-order valence-electron chi connectivity index (χ0n) is 18.5. The normalized spacial score (nSPS) is 16.5. The van der Waals surface area contributed by atoms with Crippen LogP contribution >= 0.6 is 11.8 Å². The molecule has 172 valence electrons. The van der Waals surface area contributed by atoms with Gasteiger partial charge in [0.15, 0.2) is 11.5 Å². The van der Waals surface area contributed by atoms with Crippen molar-refractivity contribution >= 4 is 38.4 Å². The first-order valence-electron chi connectivity index (χ1n) is 10.2. The lowest BCUT2D eigenvalue weighted by atomic mass is 10.0. The highest BCUT2D eigenvalue weighted by atomic mass is 32.2. The number of anilines is 1. The molecule has 0 radical (unpaired) electrons. The molecule has 0 aromatic heterocycles. The Bertz CT molecular complexity index is 1100. The van der Waals surface area contributed by atoms with Gasteiger partial charge in [0.1, 0.15) is 0 Å². The van der Waals surface area contributed by atoms with Crippen molar-refractivity contribution in [3.8, 4) is 11.5 Å². The summed E-state index contributed by atoms with van der Waals surface area (Å²) in [6.45, 7) is 4.72. The maximum absolute atomic E-state index is 12.7. The van der Waals surface area contributed by atoms with Crippen molar-refractivity contribution < 1.29 is 22.7 Å². The summed E-state index contributed by atoms with van der Waals surface area (Å²) in [6.07, 6.45) is 1.85. The highest BCUT2D eigenvalue weighted by molar-refractivity contribution is 8.14. The summed E-state index contributed by atoms with van der Waals surface area (Å²) in [7, 11) is -1.75. The number of thioether (sulfide) groups is 1. The molecule has 0 fully saturated rings. The van der Waals surface area contributed by atoms with E-state index in [1.807, 2.05) is 32.0 Å². The SMILES string of the molecule is CCOc1cc(C2=NN(Cc3ccc(NS(C)(=O)=O)cc3)C(=O)SC2CC)ccc1OC. The molecule has 0 aliphatic carbocycles. The third-order valence-electron chi connectivity index (χ3n) is 4.71.